The van der Waals surface area contributed by atoms with Gasteiger partial charge in [0.1, 0.15) is 4.90 Å². The molecule has 1 heterocycles. The zero-order valence-corrected chi connectivity index (χ0v) is 14.0. The zero-order valence-electron chi connectivity index (χ0n) is 12.5. The van der Waals surface area contributed by atoms with Gasteiger partial charge in [-0.05, 0) is 18.9 Å². The number of nitrogens with zero attached hydrogens (tertiary/aromatic N) is 1. The SMILES string of the molecule is Cc1c(S(=O)(=O)Cl)c2ccccc2n1CCOCC(C)C. The fraction of sp³-hybridized carbons (Fsp3) is 0.467. The molecule has 21 heavy (non-hydrogen) atoms. The third-order valence-electron chi connectivity index (χ3n) is 3.33. The molecule has 4 nitrogen and oxygen atoms in total. The van der Waals surface area contributed by atoms with Gasteiger partial charge in [-0.1, -0.05) is 32.0 Å². The van der Waals surface area contributed by atoms with Crippen molar-refractivity contribution in [2.75, 3.05) is 13.2 Å². The van der Waals surface area contributed by atoms with Crippen molar-refractivity contribution in [2.24, 2.45) is 5.92 Å². The number of halogens is 1. The molecule has 1 aromatic carbocycles. The van der Waals surface area contributed by atoms with Gasteiger partial charge in [-0.15, -0.1) is 0 Å². The first-order valence-electron chi connectivity index (χ1n) is 6.92. The summed E-state index contributed by atoms with van der Waals surface area (Å²) in [4.78, 5) is 0.198. The van der Waals surface area contributed by atoms with Crippen LogP contribution >= 0.6 is 10.7 Å². The molecule has 2 aromatic rings. The van der Waals surface area contributed by atoms with Crippen LogP contribution in [0.4, 0.5) is 0 Å². The van der Waals surface area contributed by atoms with E-state index < -0.39 is 9.05 Å². The van der Waals surface area contributed by atoms with Gasteiger partial charge >= 0.3 is 0 Å². The second-order valence-electron chi connectivity index (χ2n) is 5.49. The first-order chi connectivity index (χ1) is 9.82. The average Bonchev–Trinajstić information content (AvgIpc) is 2.66. The highest BCUT2D eigenvalue weighted by atomic mass is 35.7. The molecule has 0 saturated carbocycles. The molecule has 0 fully saturated rings. The molecule has 0 atom stereocenters. The largest absolute Gasteiger partial charge is 0.379 e. The van der Waals surface area contributed by atoms with E-state index in [-0.39, 0.29) is 4.90 Å². The van der Waals surface area contributed by atoms with Crippen LogP contribution in [-0.2, 0) is 20.3 Å². The summed E-state index contributed by atoms with van der Waals surface area (Å²) >= 11 is 0. The van der Waals surface area contributed by atoms with E-state index in [1.807, 2.05) is 22.8 Å². The number of rotatable bonds is 6. The Bertz CT molecular complexity index is 735. The predicted octanol–water partition coefficient (Wildman–Crippen LogP) is 3.55. The van der Waals surface area contributed by atoms with E-state index in [1.54, 1.807) is 13.0 Å². The van der Waals surface area contributed by atoms with Crippen LogP contribution in [0.2, 0.25) is 0 Å². The molecule has 6 heteroatoms. The summed E-state index contributed by atoms with van der Waals surface area (Å²) in [6, 6.07) is 7.38. The molecule has 0 aliphatic heterocycles. The monoisotopic (exact) mass is 329 g/mol. The van der Waals surface area contributed by atoms with Crippen LogP contribution < -0.4 is 0 Å². The Labute approximate surface area is 130 Å². The maximum atomic E-state index is 11.8. The van der Waals surface area contributed by atoms with Gasteiger partial charge in [-0.25, -0.2) is 8.42 Å². The Morgan fingerprint density at radius 1 is 1.29 bits per heavy atom. The van der Waals surface area contributed by atoms with Crippen molar-refractivity contribution in [3.05, 3.63) is 30.0 Å². The summed E-state index contributed by atoms with van der Waals surface area (Å²) in [5.74, 6) is 0.478. The normalized spacial score (nSPS) is 12.4. The highest BCUT2D eigenvalue weighted by Gasteiger charge is 2.22. The summed E-state index contributed by atoms with van der Waals surface area (Å²) in [5.41, 5.74) is 1.52. The number of para-hydroxylation sites is 1. The fourth-order valence-electron chi connectivity index (χ4n) is 2.47. The summed E-state index contributed by atoms with van der Waals surface area (Å²) in [5, 5.41) is 0.661. The number of hydrogen-bond acceptors (Lipinski definition) is 3. The molecule has 0 unspecified atom stereocenters. The molecule has 1 aromatic heterocycles. The second kappa shape index (κ2) is 6.38. The van der Waals surface area contributed by atoms with Crippen molar-refractivity contribution in [2.45, 2.75) is 32.2 Å². The van der Waals surface area contributed by atoms with Crippen molar-refractivity contribution in [1.29, 1.82) is 0 Å². The third-order valence-corrected chi connectivity index (χ3v) is 4.79. The van der Waals surface area contributed by atoms with Crippen LogP contribution in [0, 0.1) is 12.8 Å². The fourth-order valence-corrected chi connectivity index (χ4v) is 3.95. The predicted molar refractivity (Wildman–Crippen MR) is 85.4 cm³/mol. The number of hydrogen-bond donors (Lipinski definition) is 0. The molecular weight excluding hydrogens is 310 g/mol. The van der Waals surface area contributed by atoms with Gasteiger partial charge in [0.25, 0.3) is 9.05 Å². The first-order valence-corrected chi connectivity index (χ1v) is 9.23. The minimum Gasteiger partial charge on any atom is -0.379 e. The van der Waals surface area contributed by atoms with Crippen molar-refractivity contribution in [3.8, 4) is 0 Å². The third kappa shape index (κ3) is 3.59. The molecule has 2 rings (SSSR count). The van der Waals surface area contributed by atoms with Gasteiger partial charge in [-0.3, -0.25) is 0 Å². The molecule has 0 radical (unpaired) electrons. The van der Waals surface area contributed by atoms with Gasteiger partial charge in [0.2, 0.25) is 0 Å². The molecule has 116 valence electrons. The highest BCUT2D eigenvalue weighted by molar-refractivity contribution is 8.14. The number of ether oxygens (including phenoxy) is 1. The van der Waals surface area contributed by atoms with Gasteiger partial charge in [0, 0.05) is 40.4 Å². The van der Waals surface area contributed by atoms with E-state index in [4.69, 9.17) is 15.4 Å². The average molecular weight is 330 g/mol. The van der Waals surface area contributed by atoms with Gasteiger partial charge in [0.05, 0.1) is 6.61 Å². The molecule has 0 N–H and O–H groups in total. The molecule has 0 aliphatic carbocycles. The summed E-state index contributed by atoms with van der Waals surface area (Å²) in [6.45, 7) is 7.80. The molecule has 0 spiro atoms. The number of fused-ring (bicyclic) bond motifs is 1. The van der Waals surface area contributed by atoms with E-state index in [1.165, 1.54) is 0 Å². The van der Waals surface area contributed by atoms with Crippen LogP contribution in [0.15, 0.2) is 29.2 Å². The van der Waals surface area contributed by atoms with E-state index in [0.29, 0.717) is 36.8 Å². The molecule has 0 bridgehead atoms. The Kier molecular flexibility index (Phi) is 4.96. The van der Waals surface area contributed by atoms with Crippen LogP contribution in [0.25, 0.3) is 10.9 Å². The van der Waals surface area contributed by atoms with E-state index in [2.05, 4.69) is 13.8 Å². The lowest BCUT2D eigenvalue weighted by atomic mass is 10.2. The molecular formula is C15H20ClNO3S. The van der Waals surface area contributed by atoms with Gasteiger partial charge in [0.15, 0.2) is 0 Å². The Morgan fingerprint density at radius 3 is 2.57 bits per heavy atom. The van der Waals surface area contributed by atoms with Crippen molar-refractivity contribution in [1.82, 2.24) is 4.57 Å². The Hall–Kier alpha value is -1.04. The van der Waals surface area contributed by atoms with E-state index in [0.717, 1.165) is 5.52 Å². The van der Waals surface area contributed by atoms with Crippen molar-refractivity contribution in [3.63, 3.8) is 0 Å². The molecule has 0 aliphatic rings. The van der Waals surface area contributed by atoms with Gasteiger partial charge in [-0.2, -0.15) is 0 Å². The Morgan fingerprint density at radius 2 is 1.95 bits per heavy atom. The maximum Gasteiger partial charge on any atom is 0.263 e. The lowest BCUT2D eigenvalue weighted by Crippen LogP contribution is -2.10. The van der Waals surface area contributed by atoms with Crippen molar-refractivity contribution < 1.29 is 13.2 Å². The number of benzene rings is 1. The van der Waals surface area contributed by atoms with Crippen molar-refractivity contribution >= 4 is 30.6 Å². The van der Waals surface area contributed by atoms with E-state index >= 15 is 0 Å². The summed E-state index contributed by atoms with van der Waals surface area (Å²) < 4.78 is 31.2. The highest BCUT2D eigenvalue weighted by Crippen LogP contribution is 2.31. The minimum atomic E-state index is -3.77. The minimum absolute atomic E-state index is 0.198. The van der Waals surface area contributed by atoms with E-state index in [9.17, 15) is 8.42 Å². The molecule has 0 saturated heterocycles. The quantitative estimate of drug-likeness (QED) is 0.601. The second-order valence-corrected chi connectivity index (χ2v) is 7.99. The zero-order chi connectivity index (χ0) is 15.6. The van der Waals surface area contributed by atoms with Gasteiger partial charge < -0.3 is 9.30 Å². The molecule has 0 amide bonds. The maximum absolute atomic E-state index is 11.8. The topological polar surface area (TPSA) is 48.3 Å². The smallest absolute Gasteiger partial charge is 0.263 e. The van der Waals surface area contributed by atoms with Crippen LogP contribution in [0.3, 0.4) is 0 Å². The van der Waals surface area contributed by atoms with Crippen LogP contribution in [0.5, 0.6) is 0 Å². The summed E-state index contributed by atoms with van der Waals surface area (Å²) in [6.07, 6.45) is 0. The number of aromatic nitrogens is 1. The lowest BCUT2D eigenvalue weighted by Gasteiger charge is -2.10. The lowest BCUT2D eigenvalue weighted by molar-refractivity contribution is 0.103. The Balaban J connectivity index is 2.38. The van der Waals surface area contributed by atoms with Crippen LogP contribution in [0.1, 0.15) is 19.5 Å². The standard InChI is InChI=1S/C15H20ClNO3S/c1-11(2)10-20-9-8-17-12(3)15(21(16,18)19)13-6-4-5-7-14(13)17/h4-7,11H,8-10H2,1-3H3. The van der Waals surface area contributed by atoms with Crippen LogP contribution in [-0.4, -0.2) is 26.2 Å². The summed E-state index contributed by atoms with van der Waals surface area (Å²) in [7, 11) is 1.81. The first kappa shape index (κ1) is 16.3.